The van der Waals surface area contributed by atoms with E-state index in [4.69, 9.17) is 10.3 Å². The number of aromatic nitrogens is 3. The van der Waals surface area contributed by atoms with Crippen LogP contribution in [0.25, 0.3) is 5.70 Å². The topological polar surface area (TPSA) is 139 Å². The predicted molar refractivity (Wildman–Crippen MR) is 109 cm³/mol. The summed E-state index contributed by atoms with van der Waals surface area (Å²) >= 11 is 0. The van der Waals surface area contributed by atoms with Crippen LogP contribution in [0.4, 0.5) is 14.6 Å². The Morgan fingerprint density at radius 2 is 2.10 bits per heavy atom. The first-order valence-electron chi connectivity index (χ1n) is 9.03. The number of rotatable bonds is 8. The fourth-order valence-electron chi connectivity index (χ4n) is 2.48. The molecule has 2 heterocycles. The molecule has 0 unspecified atom stereocenters. The lowest BCUT2D eigenvalue weighted by Gasteiger charge is -2.07. The number of nitrogens with two attached hydrogens (primary N) is 1. The van der Waals surface area contributed by atoms with E-state index in [1.165, 1.54) is 25.1 Å². The van der Waals surface area contributed by atoms with Crippen molar-refractivity contribution in [2.75, 3.05) is 5.32 Å². The number of anilines is 1. The van der Waals surface area contributed by atoms with Gasteiger partial charge < -0.3 is 15.6 Å². The third-order valence-corrected chi connectivity index (χ3v) is 4.04. The molecule has 0 radical (unpaired) electrons. The predicted octanol–water partition coefficient (Wildman–Crippen LogP) is 2.18. The Morgan fingerprint density at radius 1 is 1.32 bits per heavy atom. The summed E-state index contributed by atoms with van der Waals surface area (Å²) in [5.74, 6) is -1.59. The number of allylic oxidation sites excluding steroid dienone is 1. The number of nitrogens with one attached hydrogen (secondary N) is 2. The van der Waals surface area contributed by atoms with Gasteiger partial charge in [-0.15, -0.1) is 0 Å². The summed E-state index contributed by atoms with van der Waals surface area (Å²) in [6, 6.07) is 7.25. The van der Waals surface area contributed by atoms with E-state index in [2.05, 4.69) is 25.4 Å². The Kier molecular flexibility index (Phi) is 6.65. The lowest BCUT2D eigenvalue weighted by molar-refractivity contribution is -0.111. The first-order valence-corrected chi connectivity index (χ1v) is 9.03. The van der Waals surface area contributed by atoms with Crippen molar-refractivity contribution in [3.8, 4) is 0 Å². The summed E-state index contributed by atoms with van der Waals surface area (Å²) in [5, 5.41) is 4.78. The van der Waals surface area contributed by atoms with E-state index in [0.717, 1.165) is 6.20 Å². The van der Waals surface area contributed by atoms with E-state index < -0.39 is 23.0 Å². The van der Waals surface area contributed by atoms with Gasteiger partial charge in [0.15, 0.2) is 29.0 Å². The van der Waals surface area contributed by atoms with Crippen LogP contribution in [-0.4, -0.2) is 26.6 Å². The number of hydrogen-bond donors (Lipinski definition) is 3. The minimum absolute atomic E-state index is 0.0154. The van der Waals surface area contributed by atoms with Crippen LogP contribution in [0.5, 0.6) is 0 Å². The molecule has 11 heteroatoms. The van der Waals surface area contributed by atoms with E-state index in [0.29, 0.717) is 5.56 Å². The number of carbonyl (C=O) groups excluding carboxylic acids is 1. The lowest BCUT2D eigenvalue weighted by atomic mass is 10.2. The minimum Gasteiger partial charge on any atom is -0.396 e. The summed E-state index contributed by atoms with van der Waals surface area (Å²) in [6.07, 6.45) is 2.15. The van der Waals surface area contributed by atoms with Crippen molar-refractivity contribution in [1.29, 1.82) is 0 Å². The molecule has 0 bridgehead atoms. The number of halogens is 2. The Hall–Kier alpha value is -4.15. The van der Waals surface area contributed by atoms with Gasteiger partial charge in [-0.3, -0.25) is 14.6 Å². The molecule has 31 heavy (non-hydrogen) atoms. The molecule has 0 spiro atoms. The van der Waals surface area contributed by atoms with Crippen LogP contribution in [0.2, 0.25) is 0 Å². The average molecular weight is 428 g/mol. The number of benzene rings is 1. The fourth-order valence-corrected chi connectivity index (χ4v) is 2.48. The number of carbonyl (C=O) groups is 1. The van der Waals surface area contributed by atoms with Gasteiger partial charge in [0, 0.05) is 18.6 Å². The second-order valence-corrected chi connectivity index (χ2v) is 6.37. The standard InChI is InChI=1S/C20H18F2N6O3/c1-11(29)17(24-8-12-4-2-3-5-14(12)21)7-16(23)20-26-10-15(22)19(27-20)25-9-13-6-18(30)28-31-13/h2-7,10H,8-9,23H2,1H3,(H,28,30)(H,25,26,27). The number of Topliss-reactive ketones (excluding diaryl/α,β-unsaturated/α-hetero) is 1. The second-order valence-electron chi connectivity index (χ2n) is 6.37. The Balaban J connectivity index is 1.81. The van der Waals surface area contributed by atoms with Crippen LogP contribution in [0.1, 0.15) is 24.1 Å². The van der Waals surface area contributed by atoms with Crippen molar-refractivity contribution in [2.24, 2.45) is 10.7 Å². The molecular formula is C20H18F2N6O3. The number of hydrogen-bond acceptors (Lipinski definition) is 8. The van der Waals surface area contributed by atoms with Crippen LogP contribution in [0, 0.1) is 11.6 Å². The van der Waals surface area contributed by atoms with Crippen LogP contribution in [0.15, 0.2) is 56.9 Å². The molecule has 0 amide bonds. The van der Waals surface area contributed by atoms with Gasteiger partial charge in [0.2, 0.25) is 0 Å². The number of nitrogens with zero attached hydrogens (tertiary/aromatic N) is 3. The van der Waals surface area contributed by atoms with Crippen molar-refractivity contribution in [2.45, 2.75) is 20.0 Å². The molecule has 3 rings (SSSR count). The van der Waals surface area contributed by atoms with Gasteiger partial charge in [-0.05, 0) is 12.1 Å². The number of aromatic amines is 1. The van der Waals surface area contributed by atoms with Gasteiger partial charge >= 0.3 is 0 Å². The molecule has 4 N–H and O–H groups in total. The molecule has 0 aliphatic rings. The summed E-state index contributed by atoms with van der Waals surface area (Å²) < 4.78 is 32.7. The molecular weight excluding hydrogens is 410 g/mol. The zero-order valence-corrected chi connectivity index (χ0v) is 16.4. The van der Waals surface area contributed by atoms with Gasteiger partial charge in [0.25, 0.3) is 5.56 Å². The van der Waals surface area contributed by atoms with Gasteiger partial charge in [-0.2, -0.15) is 5.16 Å². The third kappa shape index (κ3) is 5.69. The van der Waals surface area contributed by atoms with E-state index in [9.17, 15) is 18.4 Å². The monoisotopic (exact) mass is 428 g/mol. The molecule has 0 aliphatic heterocycles. The molecule has 0 aliphatic carbocycles. The number of aliphatic imine (C=N–C) groups is 1. The van der Waals surface area contributed by atoms with Crippen molar-refractivity contribution >= 4 is 23.0 Å². The second kappa shape index (κ2) is 9.57. The summed E-state index contributed by atoms with van der Waals surface area (Å²) in [7, 11) is 0. The minimum atomic E-state index is -0.755. The molecule has 0 saturated carbocycles. The maximum absolute atomic E-state index is 14.0. The molecule has 3 aromatic rings. The van der Waals surface area contributed by atoms with Crippen molar-refractivity contribution in [1.82, 2.24) is 15.1 Å². The third-order valence-electron chi connectivity index (χ3n) is 4.04. The summed E-state index contributed by atoms with van der Waals surface area (Å²) in [6.45, 7) is 1.20. The van der Waals surface area contributed by atoms with Gasteiger partial charge in [-0.25, -0.2) is 18.7 Å². The molecule has 0 fully saturated rings. The van der Waals surface area contributed by atoms with Crippen LogP contribution < -0.4 is 16.6 Å². The highest BCUT2D eigenvalue weighted by Crippen LogP contribution is 2.14. The SMILES string of the molecule is CC(=O)C(C=C(N)c1ncc(F)c(NCc2cc(=O)[nH]o2)n1)=NCc1ccccc1F. The fraction of sp³-hybridized carbons (Fsp3) is 0.150. The van der Waals surface area contributed by atoms with Crippen LogP contribution >= 0.6 is 0 Å². The van der Waals surface area contributed by atoms with E-state index >= 15 is 0 Å². The van der Waals surface area contributed by atoms with Crippen LogP contribution in [-0.2, 0) is 17.9 Å². The Morgan fingerprint density at radius 3 is 2.77 bits per heavy atom. The molecule has 9 nitrogen and oxygen atoms in total. The van der Waals surface area contributed by atoms with E-state index in [1.807, 2.05) is 0 Å². The Bertz CT molecular complexity index is 1220. The summed E-state index contributed by atoms with van der Waals surface area (Å²) in [4.78, 5) is 34.9. The molecule has 1 aromatic carbocycles. The van der Waals surface area contributed by atoms with Gasteiger partial charge in [-0.1, -0.05) is 18.2 Å². The van der Waals surface area contributed by atoms with Gasteiger partial charge in [0.05, 0.1) is 25.0 Å². The zero-order chi connectivity index (χ0) is 22.4. The quantitative estimate of drug-likeness (QED) is 0.467. The molecule has 0 saturated heterocycles. The highest BCUT2D eigenvalue weighted by Gasteiger charge is 2.12. The zero-order valence-electron chi connectivity index (χ0n) is 16.4. The van der Waals surface area contributed by atoms with Crippen molar-refractivity contribution < 1.29 is 18.1 Å². The first kappa shape index (κ1) is 21.6. The van der Waals surface area contributed by atoms with Crippen LogP contribution in [0.3, 0.4) is 0 Å². The average Bonchev–Trinajstić information content (AvgIpc) is 3.16. The first-order chi connectivity index (χ1) is 14.8. The normalized spacial score (nSPS) is 12.1. The van der Waals surface area contributed by atoms with E-state index in [1.54, 1.807) is 18.2 Å². The molecule has 2 aromatic heterocycles. The van der Waals surface area contributed by atoms with Crippen molar-refractivity contribution in [3.63, 3.8) is 0 Å². The molecule has 0 atom stereocenters. The lowest BCUT2D eigenvalue weighted by Crippen LogP contribution is -2.13. The smallest absolute Gasteiger partial charge is 0.280 e. The van der Waals surface area contributed by atoms with E-state index in [-0.39, 0.29) is 41.9 Å². The highest BCUT2D eigenvalue weighted by molar-refractivity contribution is 6.44. The maximum atomic E-state index is 14.0. The maximum Gasteiger partial charge on any atom is 0.280 e. The number of H-pyrrole nitrogens is 1. The van der Waals surface area contributed by atoms with Crippen molar-refractivity contribution in [3.05, 3.63) is 81.7 Å². The largest absolute Gasteiger partial charge is 0.396 e. The Labute approximate surface area is 174 Å². The van der Waals surface area contributed by atoms with Gasteiger partial charge in [0.1, 0.15) is 11.5 Å². The molecule has 160 valence electrons. The highest BCUT2D eigenvalue weighted by atomic mass is 19.1. The summed E-state index contributed by atoms with van der Waals surface area (Å²) in [5.41, 5.74) is 5.80. The number of ketones is 1.